The van der Waals surface area contributed by atoms with Crippen molar-refractivity contribution in [3.63, 3.8) is 0 Å². The number of benzene rings is 1. The standard InChI is InChI=1S/C16H13ClN2OS/c1-10-2-5-13(21-10)9-18-16(20)12-3-6-14-11(8-12)4-7-15(17)19-14/h2-8H,9H2,1H3,(H,18,20). The van der Waals surface area contributed by atoms with Crippen molar-refractivity contribution in [3.05, 3.63) is 62.9 Å². The Balaban J connectivity index is 1.76. The summed E-state index contributed by atoms with van der Waals surface area (Å²) in [5.41, 5.74) is 1.41. The van der Waals surface area contributed by atoms with Gasteiger partial charge in [-0.1, -0.05) is 11.6 Å². The zero-order chi connectivity index (χ0) is 14.8. The molecule has 3 rings (SSSR count). The third-order valence-corrected chi connectivity index (χ3v) is 4.35. The van der Waals surface area contributed by atoms with E-state index in [0.717, 1.165) is 15.8 Å². The second-order valence-electron chi connectivity index (χ2n) is 4.74. The van der Waals surface area contributed by atoms with Crippen LogP contribution >= 0.6 is 22.9 Å². The van der Waals surface area contributed by atoms with Gasteiger partial charge < -0.3 is 5.32 Å². The van der Waals surface area contributed by atoms with Crippen LogP contribution in [0.1, 0.15) is 20.1 Å². The molecule has 1 amide bonds. The molecule has 0 atom stereocenters. The van der Waals surface area contributed by atoms with Gasteiger partial charge in [-0.05, 0) is 49.4 Å². The molecule has 0 bridgehead atoms. The Morgan fingerprint density at radius 3 is 2.86 bits per heavy atom. The van der Waals surface area contributed by atoms with Gasteiger partial charge in [0.1, 0.15) is 5.15 Å². The molecule has 0 fully saturated rings. The summed E-state index contributed by atoms with van der Waals surface area (Å²) in [7, 11) is 0. The van der Waals surface area contributed by atoms with E-state index in [1.54, 1.807) is 23.5 Å². The number of hydrogen-bond acceptors (Lipinski definition) is 3. The van der Waals surface area contributed by atoms with Gasteiger partial charge in [-0.15, -0.1) is 11.3 Å². The largest absolute Gasteiger partial charge is 0.347 e. The van der Waals surface area contributed by atoms with E-state index in [9.17, 15) is 4.79 Å². The van der Waals surface area contributed by atoms with Crippen LogP contribution in [-0.4, -0.2) is 10.9 Å². The molecule has 1 aromatic carbocycles. The van der Waals surface area contributed by atoms with Crippen molar-refractivity contribution >= 4 is 39.7 Å². The lowest BCUT2D eigenvalue weighted by atomic mass is 10.1. The topological polar surface area (TPSA) is 42.0 Å². The highest BCUT2D eigenvalue weighted by atomic mass is 35.5. The maximum Gasteiger partial charge on any atom is 0.251 e. The highest BCUT2D eigenvalue weighted by Crippen LogP contribution is 2.18. The van der Waals surface area contributed by atoms with Crippen molar-refractivity contribution < 1.29 is 4.79 Å². The maximum atomic E-state index is 12.2. The van der Waals surface area contributed by atoms with Gasteiger partial charge in [0.2, 0.25) is 0 Å². The molecule has 3 aromatic rings. The number of aromatic nitrogens is 1. The van der Waals surface area contributed by atoms with E-state index in [0.29, 0.717) is 17.3 Å². The lowest BCUT2D eigenvalue weighted by Gasteiger charge is -2.05. The summed E-state index contributed by atoms with van der Waals surface area (Å²) < 4.78 is 0. The van der Waals surface area contributed by atoms with Gasteiger partial charge >= 0.3 is 0 Å². The first-order valence-corrected chi connectivity index (χ1v) is 7.71. The minimum absolute atomic E-state index is 0.0853. The Labute approximate surface area is 131 Å². The predicted octanol–water partition coefficient (Wildman–Crippen LogP) is 4.19. The molecule has 5 heteroatoms. The molecule has 0 saturated heterocycles. The average molecular weight is 317 g/mol. The number of amides is 1. The second kappa shape index (κ2) is 5.84. The lowest BCUT2D eigenvalue weighted by molar-refractivity contribution is 0.0951. The smallest absolute Gasteiger partial charge is 0.251 e. The summed E-state index contributed by atoms with van der Waals surface area (Å²) in [5, 5.41) is 4.28. The van der Waals surface area contributed by atoms with Crippen LogP contribution in [0.5, 0.6) is 0 Å². The Hall–Kier alpha value is -1.91. The van der Waals surface area contributed by atoms with Crippen LogP contribution in [0.25, 0.3) is 10.9 Å². The van der Waals surface area contributed by atoms with Crippen LogP contribution in [0.4, 0.5) is 0 Å². The van der Waals surface area contributed by atoms with Gasteiger partial charge in [0.15, 0.2) is 0 Å². The molecule has 21 heavy (non-hydrogen) atoms. The predicted molar refractivity (Wildman–Crippen MR) is 87.0 cm³/mol. The minimum Gasteiger partial charge on any atom is -0.347 e. The fourth-order valence-corrected chi connectivity index (χ4v) is 3.08. The van der Waals surface area contributed by atoms with E-state index >= 15 is 0 Å². The molecule has 0 aliphatic carbocycles. The number of thiophene rings is 1. The number of hydrogen-bond donors (Lipinski definition) is 1. The quantitative estimate of drug-likeness (QED) is 0.736. The first kappa shape index (κ1) is 14.0. The molecule has 1 N–H and O–H groups in total. The summed E-state index contributed by atoms with van der Waals surface area (Å²) in [6.07, 6.45) is 0. The summed E-state index contributed by atoms with van der Waals surface area (Å²) >= 11 is 7.54. The fourth-order valence-electron chi connectivity index (χ4n) is 2.09. The van der Waals surface area contributed by atoms with Crippen molar-refractivity contribution in [2.45, 2.75) is 13.5 Å². The van der Waals surface area contributed by atoms with E-state index in [2.05, 4.69) is 23.3 Å². The number of carbonyl (C=O) groups excluding carboxylic acids is 1. The molecule has 0 saturated carbocycles. The van der Waals surface area contributed by atoms with E-state index < -0.39 is 0 Å². The van der Waals surface area contributed by atoms with Gasteiger partial charge in [-0.2, -0.15) is 0 Å². The van der Waals surface area contributed by atoms with Crippen LogP contribution in [0, 0.1) is 6.92 Å². The summed E-state index contributed by atoms with van der Waals surface area (Å²) in [5.74, 6) is -0.0853. The monoisotopic (exact) mass is 316 g/mol. The van der Waals surface area contributed by atoms with E-state index in [4.69, 9.17) is 11.6 Å². The van der Waals surface area contributed by atoms with Gasteiger partial charge in [0.25, 0.3) is 5.91 Å². The molecule has 2 heterocycles. The molecule has 106 valence electrons. The van der Waals surface area contributed by atoms with Crippen molar-refractivity contribution in [1.29, 1.82) is 0 Å². The Morgan fingerprint density at radius 2 is 2.10 bits per heavy atom. The summed E-state index contributed by atoms with van der Waals surface area (Å²) in [6, 6.07) is 13.1. The third-order valence-electron chi connectivity index (χ3n) is 3.14. The number of aryl methyl sites for hydroxylation is 1. The molecule has 2 aromatic heterocycles. The maximum absolute atomic E-state index is 12.2. The Kier molecular flexibility index (Phi) is 3.90. The van der Waals surface area contributed by atoms with Gasteiger partial charge in [0.05, 0.1) is 12.1 Å². The van der Waals surface area contributed by atoms with Crippen LogP contribution in [0.3, 0.4) is 0 Å². The summed E-state index contributed by atoms with van der Waals surface area (Å²) in [4.78, 5) is 18.8. The third kappa shape index (κ3) is 3.23. The van der Waals surface area contributed by atoms with E-state index in [1.165, 1.54) is 4.88 Å². The van der Waals surface area contributed by atoms with Crippen LogP contribution in [0.15, 0.2) is 42.5 Å². The van der Waals surface area contributed by atoms with Crippen LogP contribution < -0.4 is 5.32 Å². The highest BCUT2D eigenvalue weighted by Gasteiger charge is 2.07. The molecular formula is C16H13ClN2OS. The SMILES string of the molecule is Cc1ccc(CNC(=O)c2ccc3nc(Cl)ccc3c2)s1. The highest BCUT2D eigenvalue weighted by molar-refractivity contribution is 7.11. The van der Waals surface area contributed by atoms with Crippen molar-refractivity contribution in [2.24, 2.45) is 0 Å². The number of halogens is 1. The number of carbonyl (C=O) groups is 1. The molecule has 0 spiro atoms. The van der Waals surface area contributed by atoms with Gasteiger partial charge in [0, 0.05) is 20.7 Å². The van der Waals surface area contributed by atoms with Gasteiger partial charge in [-0.25, -0.2) is 4.98 Å². The number of nitrogens with zero attached hydrogens (tertiary/aromatic N) is 1. The van der Waals surface area contributed by atoms with Crippen LogP contribution in [0.2, 0.25) is 5.15 Å². The molecule has 3 nitrogen and oxygen atoms in total. The van der Waals surface area contributed by atoms with E-state index in [1.807, 2.05) is 24.3 Å². The number of rotatable bonds is 3. The molecule has 0 radical (unpaired) electrons. The lowest BCUT2D eigenvalue weighted by Crippen LogP contribution is -2.22. The molecule has 0 aliphatic heterocycles. The van der Waals surface area contributed by atoms with Gasteiger partial charge in [-0.3, -0.25) is 4.79 Å². The normalized spacial score (nSPS) is 10.8. The van der Waals surface area contributed by atoms with Crippen molar-refractivity contribution in [2.75, 3.05) is 0 Å². The minimum atomic E-state index is -0.0853. The second-order valence-corrected chi connectivity index (χ2v) is 6.50. The molecule has 0 unspecified atom stereocenters. The zero-order valence-electron chi connectivity index (χ0n) is 11.4. The molecular weight excluding hydrogens is 304 g/mol. The fraction of sp³-hybridized carbons (Fsp3) is 0.125. The number of pyridine rings is 1. The Bertz CT molecular complexity index is 813. The van der Waals surface area contributed by atoms with Crippen molar-refractivity contribution in [1.82, 2.24) is 10.3 Å². The number of nitrogens with one attached hydrogen (secondary N) is 1. The van der Waals surface area contributed by atoms with Crippen LogP contribution in [-0.2, 0) is 6.54 Å². The average Bonchev–Trinajstić information content (AvgIpc) is 2.90. The van der Waals surface area contributed by atoms with Crippen molar-refractivity contribution in [3.8, 4) is 0 Å². The first-order valence-electron chi connectivity index (χ1n) is 6.52. The van der Waals surface area contributed by atoms with E-state index in [-0.39, 0.29) is 5.91 Å². The molecule has 0 aliphatic rings. The number of fused-ring (bicyclic) bond motifs is 1. The summed E-state index contributed by atoms with van der Waals surface area (Å²) in [6.45, 7) is 2.60. The Morgan fingerprint density at radius 1 is 1.24 bits per heavy atom. The first-order chi connectivity index (χ1) is 10.1. The zero-order valence-corrected chi connectivity index (χ0v) is 13.0.